The van der Waals surface area contributed by atoms with Crippen molar-refractivity contribution in [3.63, 3.8) is 0 Å². The molecule has 45 heavy (non-hydrogen) atoms. The topological polar surface area (TPSA) is 6.48 Å². The van der Waals surface area contributed by atoms with Gasteiger partial charge in [-0.05, 0) is 131 Å². The van der Waals surface area contributed by atoms with E-state index in [0.29, 0.717) is 0 Å². The van der Waals surface area contributed by atoms with Crippen LogP contribution >= 0.6 is 0 Å². The van der Waals surface area contributed by atoms with Crippen LogP contribution in [0.25, 0.3) is 0 Å². The molecular weight excluding hydrogens is 544 g/mol. The third kappa shape index (κ3) is 7.36. The van der Waals surface area contributed by atoms with Crippen molar-refractivity contribution in [2.45, 2.75) is 47.0 Å². The first kappa shape index (κ1) is 30.0. The van der Waals surface area contributed by atoms with Gasteiger partial charge in [-0.2, -0.15) is 0 Å². The highest BCUT2D eigenvalue weighted by atomic mass is 15.1. The van der Waals surface area contributed by atoms with Gasteiger partial charge in [-0.3, -0.25) is 0 Å². The molecule has 6 aromatic rings. The summed E-state index contributed by atoms with van der Waals surface area (Å²) in [5.74, 6) is 0. The van der Waals surface area contributed by atoms with E-state index in [1.54, 1.807) is 0 Å². The van der Waals surface area contributed by atoms with Crippen LogP contribution in [0.1, 0.15) is 39.8 Å². The van der Waals surface area contributed by atoms with Crippen molar-refractivity contribution >= 4 is 34.1 Å². The van der Waals surface area contributed by atoms with E-state index in [0.717, 1.165) is 19.3 Å². The van der Waals surface area contributed by atoms with E-state index in [2.05, 4.69) is 183 Å². The Labute approximate surface area is 269 Å². The largest absolute Gasteiger partial charge is 0.311 e. The fraction of sp³-hybridized carbons (Fsp3) is 0.163. The molecule has 6 rings (SSSR count). The molecular formula is C43H42N2. The summed E-state index contributed by atoms with van der Waals surface area (Å²) < 4.78 is 0. The van der Waals surface area contributed by atoms with Crippen LogP contribution in [0.4, 0.5) is 34.1 Å². The lowest BCUT2D eigenvalue weighted by Gasteiger charge is -2.26. The maximum Gasteiger partial charge on any atom is 0.0461 e. The molecule has 2 nitrogen and oxygen atoms in total. The highest BCUT2D eigenvalue weighted by Gasteiger charge is 2.14. The zero-order valence-corrected chi connectivity index (χ0v) is 26.9. The van der Waals surface area contributed by atoms with E-state index in [4.69, 9.17) is 0 Å². The Morgan fingerprint density at radius 2 is 0.489 bits per heavy atom. The van der Waals surface area contributed by atoms with Gasteiger partial charge < -0.3 is 9.80 Å². The lowest BCUT2D eigenvalue weighted by Crippen LogP contribution is -2.10. The van der Waals surface area contributed by atoms with Gasteiger partial charge in [-0.25, -0.2) is 0 Å². The van der Waals surface area contributed by atoms with Gasteiger partial charge in [0.2, 0.25) is 0 Å². The molecule has 0 aromatic heterocycles. The predicted molar refractivity (Wildman–Crippen MR) is 193 cm³/mol. The van der Waals surface area contributed by atoms with Crippen LogP contribution in [0, 0.1) is 27.7 Å². The fourth-order valence-corrected chi connectivity index (χ4v) is 5.79. The predicted octanol–water partition coefficient (Wildman–Crippen LogP) is 12.0. The van der Waals surface area contributed by atoms with Crippen LogP contribution in [-0.2, 0) is 12.8 Å². The number of anilines is 6. The highest BCUT2D eigenvalue weighted by Crippen LogP contribution is 2.36. The molecule has 0 saturated heterocycles. The highest BCUT2D eigenvalue weighted by molar-refractivity contribution is 5.78. The van der Waals surface area contributed by atoms with Crippen LogP contribution < -0.4 is 9.80 Å². The Balaban J connectivity index is 1.13. The Bertz CT molecular complexity index is 1570. The van der Waals surface area contributed by atoms with Crippen LogP contribution in [0.5, 0.6) is 0 Å². The van der Waals surface area contributed by atoms with Gasteiger partial charge in [0, 0.05) is 34.1 Å². The van der Waals surface area contributed by atoms with Crippen molar-refractivity contribution in [2.75, 3.05) is 9.80 Å². The van der Waals surface area contributed by atoms with E-state index in [9.17, 15) is 0 Å². The van der Waals surface area contributed by atoms with Gasteiger partial charge in [0.15, 0.2) is 0 Å². The standard InChI is InChI=1S/C43H42N2/c1-32-8-20-38(21-9-32)44(39-22-10-33(2)11-23-39)42-28-16-36(17-29-42)6-5-7-37-18-30-43(31-19-37)45(40-24-12-34(3)13-25-40)41-26-14-35(4)15-27-41/h8-31H,5-7H2,1-4H3. The second-order valence-electron chi connectivity index (χ2n) is 12.2. The third-order valence-electron chi connectivity index (χ3n) is 8.49. The lowest BCUT2D eigenvalue weighted by atomic mass is 10.0. The Morgan fingerprint density at radius 3 is 0.711 bits per heavy atom. The van der Waals surface area contributed by atoms with E-state index in [1.807, 2.05) is 0 Å². The summed E-state index contributed by atoms with van der Waals surface area (Å²) in [6.07, 6.45) is 3.21. The molecule has 0 bridgehead atoms. The van der Waals surface area contributed by atoms with Crippen LogP contribution in [-0.4, -0.2) is 0 Å². The molecule has 0 atom stereocenters. The molecule has 0 heterocycles. The molecule has 0 fully saturated rings. The van der Waals surface area contributed by atoms with Crippen LogP contribution in [0.2, 0.25) is 0 Å². The molecule has 0 radical (unpaired) electrons. The molecule has 0 saturated carbocycles. The summed E-state index contributed by atoms with van der Waals surface area (Å²) >= 11 is 0. The maximum absolute atomic E-state index is 2.33. The zero-order valence-electron chi connectivity index (χ0n) is 26.9. The van der Waals surface area contributed by atoms with Crippen LogP contribution in [0.3, 0.4) is 0 Å². The lowest BCUT2D eigenvalue weighted by molar-refractivity contribution is 0.820. The van der Waals surface area contributed by atoms with Gasteiger partial charge in [0.25, 0.3) is 0 Å². The molecule has 0 unspecified atom stereocenters. The zero-order chi connectivity index (χ0) is 31.2. The van der Waals surface area contributed by atoms with Gasteiger partial charge in [-0.1, -0.05) is 95.1 Å². The summed E-state index contributed by atoms with van der Waals surface area (Å²) in [4.78, 5) is 4.67. The molecule has 0 aliphatic rings. The Kier molecular flexibility index (Phi) is 9.12. The normalized spacial score (nSPS) is 10.9. The molecule has 6 aromatic carbocycles. The van der Waals surface area contributed by atoms with Gasteiger partial charge >= 0.3 is 0 Å². The molecule has 2 heteroatoms. The number of hydrogen-bond acceptors (Lipinski definition) is 2. The van der Waals surface area contributed by atoms with E-state index < -0.39 is 0 Å². The number of benzene rings is 6. The molecule has 224 valence electrons. The summed E-state index contributed by atoms with van der Waals surface area (Å²) in [7, 11) is 0. The molecule has 0 amide bonds. The second-order valence-corrected chi connectivity index (χ2v) is 12.2. The van der Waals surface area contributed by atoms with E-state index in [-0.39, 0.29) is 0 Å². The van der Waals surface area contributed by atoms with Crippen LogP contribution in [0.15, 0.2) is 146 Å². The first-order valence-corrected chi connectivity index (χ1v) is 16.0. The van der Waals surface area contributed by atoms with E-state index in [1.165, 1.54) is 67.5 Å². The summed E-state index contributed by atoms with van der Waals surface area (Å²) in [6.45, 7) is 8.53. The third-order valence-corrected chi connectivity index (χ3v) is 8.49. The van der Waals surface area contributed by atoms with Crippen molar-refractivity contribution in [1.29, 1.82) is 0 Å². The fourth-order valence-electron chi connectivity index (χ4n) is 5.79. The van der Waals surface area contributed by atoms with E-state index >= 15 is 0 Å². The quantitative estimate of drug-likeness (QED) is 0.157. The minimum absolute atomic E-state index is 1.05. The van der Waals surface area contributed by atoms with Crippen molar-refractivity contribution < 1.29 is 0 Å². The summed E-state index contributed by atoms with van der Waals surface area (Å²) in [5.41, 5.74) is 14.8. The summed E-state index contributed by atoms with van der Waals surface area (Å²) in [6, 6.07) is 53.3. The van der Waals surface area contributed by atoms with Gasteiger partial charge in [0.1, 0.15) is 0 Å². The van der Waals surface area contributed by atoms with Crippen molar-refractivity contribution in [3.8, 4) is 0 Å². The molecule has 0 aliphatic carbocycles. The maximum atomic E-state index is 2.33. The minimum Gasteiger partial charge on any atom is -0.311 e. The average Bonchev–Trinajstić information content (AvgIpc) is 3.06. The number of aryl methyl sites for hydroxylation is 6. The Morgan fingerprint density at radius 1 is 0.289 bits per heavy atom. The molecule has 0 spiro atoms. The SMILES string of the molecule is Cc1ccc(N(c2ccc(C)cc2)c2ccc(CCCc3ccc(N(c4ccc(C)cc4)c4ccc(C)cc4)cc3)cc2)cc1. The van der Waals surface area contributed by atoms with Crippen molar-refractivity contribution in [3.05, 3.63) is 179 Å². The number of hydrogen-bond donors (Lipinski definition) is 0. The first-order chi connectivity index (χ1) is 21.9. The van der Waals surface area contributed by atoms with Crippen molar-refractivity contribution in [2.24, 2.45) is 0 Å². The van der Waals surface area contributed by atoms with Gasteiger partial charge in [0.05, 0.1) is 0 Å². The smallest absolute Gasteiger partial charge is 0.0461 e. The Hall–Kier alpha value is -5.08. The monoisotopic (exact) mass is 586 g/mol. The summed E-state index contributed by atoms with van der Waals surface area (Å²) in [5, 5.41) is 0. The molecule has 0 N–H and O–H groups in total. The minimum atomic E-state index is 1.05. The number of nitrogens with zero attached hydrogens (tertiary/aromatic N) is 2. The molecule has 0 aliphatic heterocycles. The first-order valence-electron chi connectivity index (χ1n) is 16.0. The van der Waals surface area contributed by atoms with Crippen molar-refractivity contribution in [1.82, 2.24) is 0 Å². The average molecular weight is 587 g/mol. The number of rotatable bonds is 10. The van der Waals surface area contributed by atoms with Gasteiger partial charge in [-0.15, -0.1) is 0 Å². The second kappa shape index (κ2) is 13.7.